The summed E-state index contributed by atoms with van der Waals surface area (Å²) in [6.45, 7) is 1.79. The van der Waals surface area contributed by atoms with Crippen molar-refractivity contribution in [2.24, 2.45) is 0 Å². The van der Waals surface area contributed by atoms with Gasteiger partial charge in [-0.2, -0.15) is 9.13 Å². The molecular weight excluding hydrogens is 163 g/mol. The molecule has 0 spiro atoms. The number of benzene rings is 1. The zero-order valence-electron chi connectivity index (χ0n) is 5.98. The van der Waals surface area contributed by atoms with Crippen LogP contribution >= 0.6 is 7.91 Å². The van der Waals surface area contributed by atoms with Gasteiger partial charge in [-0.15, -0.1) is 0 Å². The van der Waals surface area contributed by atoms with Crippen molar-refractivity contribution in [2.75, 3.05) is 0 Å². The quantitative estimate of drug-likeness (QED) is 0.640. The number of rotatable bonds is 2. The predicted molar refractivity (Wildman–Crippen MR) is 40.1 cm³/mol. The molecule has 58 valence electrons. The molecular formula is C7H7O3P. The van der Waals surface area contributed by atoms with Crippen LogP contribution in [0.4, 0.5) is 0 Å². The number of hydrogen-bond donors (Lipinski definition) is 0. The summed E-state index contributed by atoms with van der Waals surface area (Å²) in [5.41, 5.74) is 0.812. The summed E-state index contributed by atoms with van der Waals surface area (Å²) in [6.07, 6.45) is 0. The molecule has 1 aromatic rings. The first-order valence-corrected chi connectivity index (χ1v) is 4.17. The van der Waals surface area contributed by atoms with E-state index in [1.165, 1.54) is 0 Å². The van der Waals surface area contributed by atoms with Crippen molar-refractivity contribution in [2.45, 2.75) is 6.92 Å². The average molecular weight is 170 g/mol. The van der Waals surface area contributed by atoms with Gasteiger partial charge in [0.15, 0.2) is 0 Å². The van der Waals surface area contributed by atoms with E-state index in [0.29, 0.717) is 5.75 Å². The number of para-hydroxylation sites is 1. The SMILES string of the molecule is Cc1ccccc1OP(=O)=O. The van der Waals surface area contributed by atoms with Gasteiger partial charge in [0.05, 0.1) is 0 Å². The maximum Gasteiger partial charge on any atom is 0.529 e. The van der Waals surface area contributed by atoms with Crippen LogP contribution in [-0.2, 0) is 9.13 Å². The molecule has 0 heterocycles. The predicted octanol–water partition coefficient (Wildman–Crippen LogP) is 2.46. The Labute approximate surface area is 64.9 Å². The Balaban J connectivity index is 2.94. The third kappa shape index (κ3) is 2.20. The fourth-order valence-corrected chi connectivity index (χ4v) is 1.10. The average Bonchev–Trinajstić information content (AvgIpc) is 1.93. The van der Waals surface area contributed by atoms with E-state index in [1.54, 1.807) is 25.1 Å². The highest BCUT2D eigenvalue weighted by atomic mass is 31.1. The van der Waals surface area contributed by atoms with Crippen molar-refractivity contribution < 1.29 is 13.7 Å². The van der Waals surface area contributed by atoms with Crippen LogP contribution in [0, 0.1) is 6.92 Å². The monoisotopic (exact) mass is 170 g/mol. The van der Waals surface area contributed by atoms with Crippen molar-refractivity contribution >= 4 is 7.91 Å². The standard InChI is InChI=1S/C7H7O3P/c1-6-4-2-3-5-7(6)10-11(8)9/h2-5H,1H3. The first kappa shape index (κ1) is 8.02. The summed E-state index contributed by atoms with van der Waals surface area (Å²) < 4.78 is 24.8. The molecule has 0 atom stereocenters. The van der Waals surface area contributed by atoms with Gasteiger partial charge < -0.3 is 4.52 Å². The van der Waals surface area contributed by atoms with Crippen LogP contribution in [0.3, 0.4) is 0 Å². The lowest BCUT2D eigenvalue weighted by molar-refractivity contribution is 0.437. The van der Waals surface area contributed by atoms with Gasteiger partial charge >= 0.3 is 7.91 Å². The van der Waals surface area contributed by atoms with Crippen molar-refractivity contribution in [1.29, 1.82) is 0 Å². The zero-order chi connectivity index (χ0) is 8.27. The van der Waals surface area contributed by atoms with Gasteiger partial charge in [-0.05, 0) is 18.6 Å². The van der Waals surface area contributed by atoms with E-state index >= 15 is 0 Å². The van der Waals surface area contributed by atoms with Crippen LogP contribution < -0.4 is 4.52 Å². The summed E-state index contributed by atoms with van der Waals surface area (Å²) in [6, 6.07) is 6.94. The summed E-state index contributed by atoms with van der Waals surface area (Å²) >= 11 is 0. The molecule has 0 bridgehead atoms. The second kappa shape index (κ2) is 3.35. The molecule has 1 aromatic carbocycles. The molecule has 0 saturated carbocycles. The molecule has 0 aliphatic rings. The van der Waals surface area contributed by atoms with Crippen molar-refractivity contribution in [1.82, 2.24) is 0 Å². The van der Waals surface area contributed by atoms with Gasteiger partial charge in [0, 0.05) is 0 Å². The molecule has 0 fully saturated rings. The third-order valence-electron chi connectivity index (χ3n) is 1.27. The van der Waals surface area contributed by atoms with E-state index in [2.05, 4.69) is 4.52 Å². The van der Waals surface area contributed by atoms with Crippen molar-refractivity contribution in [3.8, 4) is 5.75 Å². The summed E-state index contributed by atoms with van der Waals surface area (Å²) in [4.78, 5) is 0. The maximum absolute atomic E-state index is 10.1. The lowest BCUT2D eigenvalue weighted by Crippen LogP contribution is -1.79. The molecule has 0 aliphatic carbocycles. The molecule has 0 aliphatic heterocycles. The molecule has 3 nitrogen and oxygen atoms in total. The molecule has 0 aromatic heterocycles. The largest absolute Gasteiger partial charge is 0.529 e. The van der Waals surface area contributed by atoms with E-state index in [9.17, 15) is 9.13 Å². The fraction of sp³-hybridized carbons (Fsp3) is 0.143. The Hall–Kier alpha value is -1.08. The summed E-state index contributed by atoms with van der Waals surface area (Å²) in [5, 5.41) is 0. The fourth-order valence-electron chi connectivity index (χ4n) is 0.739. The minimum Gasteiger partial charge on any atom is -0.387 e. The lowest BCUT2D eigenvalue weighted by Gasteiger charge is -1.98. The van der Waals surface area contributed by atoms with E-state index in [1.807, 2.05) is 6.07 Å². The second-order valence-corrected chi connectivity index (χ2v) is 2.71. The van der Waals surface area contributed by atoms with Gasteiger partial charge in [0.1, 0.15) is 5.75 Å². The van der Waals surface area contributed by atoms with Gasteiger partial charge in [-0.25, -0.2) is 0 Å². The molecule has 0 amide bonds. The highest BCUT2D eigenvalue weighted by Gasteiger charge is 1.98. The van der Waals surface area contributed by atoms with Crippen LogP contribution in [0.5, 0.6) is 5.75 Å². The van der Waals surface area contributed by atoms with E-state index in [4.69, 9.17) is 0 Å². The Morgan fingerprint density at radius 1 is 1.27 bits per heavy atom. The second-order valence-electron chi connectivity index (χ2n) is 2.08. The van der Waals surface area contributed by atoms with Crippen LogP contribution in [0.1, 0.15) is 5.56 Å². The summed E-state index contributed by atoms with van der Waals surface area (Å²) in [7, 11) is -2.79. The summed E-state index contributed by atoms with van der Waals surface area (Å²) in [5.74, 6) is 0.392. The Kier molecular flexibility index (Phi) is 2.44. The van der Waals surface area contributed by atoms with E-state index in [-0.39, 0.29) is 0 Å². The van der Waals surface area contributed by atoms with Crippen LogP contribution in [0.2, 0.25) is 0 Å². The normalized spacial score (nSPS) is 9.18. The van der Waals surface area contributed by atoms with Crippen molar-refractivity contribution in [3.05, 3.63) is 29.8 Å². The lowest BCUT2D eigenvalue weighted by atomic mass is 10.2. The Morgan fingerprint density at radius 3 is 2.45 bits per heavy atom. The highest BCUT2D eigenvalue weighted by Crippen LogP contribution is 2.21. The van der Waals surface area contributed by atoms with Gasteiger partial charge in [-0.3, -0.25) is 0 Å². The molecule has 0 radical (unpaired) electrons. The molecule has 11 heavy (non-hydrogen) atoms. The highest BCUT2D eigenvalue weighted by molar-refractivity contribution is 7.25. The first-order valence-electron chi connectivity index (χ1n) is 3.08. The Morgan fingerprint density at radius 2 is 1.91 bits per heavy atom. The topological polar surface area (TPSA) is 43.4 Å². The zero-order valence-corrected chi connectivity index (χ0v) is 6.88. The number of hydrogen-bond acceptors (Lipinski definition) is 3. The van der Waals surface area contributed by atoms with Gasteiger partial charge in [0.25, 0.3) is 0 Å². The van der Waals surface area contributed by atoms with Gasteiger partial charge in [-0.1, -0.05) is 18.2 Å². The molecule has 0 saturated heterocycles. The van der Waals surface area contributed by atoms with E-state index < -0.39 is 7.91 Å². The van der Waals surface area contributed by atoms with Crippen LogP contribution in [-0.4, -0.2) is 0 Å². The first-order chi connectivity index (χ1) is 5.20. The maximum atomic E-state index is 10.1. The molecule has 0 unspecified atom stereocenters. The molecule has 1 rings (SSSR count). The molecule has 0 N–H and O–H groups in total. The van der Waals surface area contributed by atoms with Gasteiger partial charge in [0.2, 0.25) is 0 Å². The smallest absolute Gasteiger partial charge is 0.387 e. The third-order valence-corrected chi connectivity index (χ3v) is 1.61. The van der Waals surface area contributed by atoms with Crippen LogP contribution in [0.25, 0.3) is 0 Å². The number of aryl methyl sites for hydroxylation is 1. The minimum atomic E-state index is -2.79. The van der Waals surface area contributed by atoms with Crippen LogP contribution in [0.15, 0.2) is 24.3 Å². The Bertz CT molecular complexity index is 309. The minimum absolute atomic E-state index is 0.392. The van der Waals surface area contributed by atoms with E-state index in [0.717, 1.165) is 5.56 Å². The van der Waals surface area contributed by atoms with Crippen molar-refractivity contribution in [3.63, 3.8) is 0 Å². The molecule has 4 heteroatoms.